The number of hydrogen-bond donors (Lipinski definition) is 2. The van der Waals surface area contributed by atoms with Gasteiger partial charge in [-0.05, 0) is 44.8 Å². The van der Waals surface area contributed by atoms with Crippen molar-refractivity contribution < 1.29 is 24.5 Å². The van der Waals surface area contributed by atoms with Gasteiger partial charge in [0.15, 0.2) is 5.65 Å². The Hall–Kier alpha value is -4.50. The quantitative estimate of drug-likeness (QED) is 0.267. The Bertz CT molecular complexity index is 1320. The number of aliphatic carboxylic acids is 2. The van der Waals surface area contributed by atoms with Crippen LogP contribution in [0.1, 0.15) is 6.42 Å². The lowest BCUT2D eigenvalue weighted by atomic mass is 10.1. The van der Waals surface area contributed by atoms with Gasteiger partial charge in [0.2, 0.25) is 0 Å². The van der Waals surface area contributed by atoms with Gasteiger partial charge < -0.3 is 19.8 Å². The van der Waals surface area contributed by atoms with Gasteiger partial charge >= 0.3 is 11.9 Å². The molecule has 0 bridgehead atoms. The van der Waals surface area contributed by atoms with E-state index in [1.165, 1.54) is 0 Å². The summed E-state index contributed by atoms with van der Waals surface area (Å²) in [5.74, 6) is -1.70. The maximum Gasteiger partial charge on any atom is 0.328 e. The minimum atomic E-state index is -1.26. The smallest absolute Gasteiger partial charge is 0.328 e. The molecule has 2 heterocycles. The Morgan fingerprint density at radius 3 is 2.28 bits per heavy atom. The van der Waals surface area contributed by atoms with E-state index < -0.39 is 11.9 Å². The van der Waals surface area contributed by atoms with Crippen LogP contribution in [-0.4, -0.2) is 69.1 Å². The molecule has 2 N–H and O–H groups in total. The van der Waals surface area contributed by atoms with Crippen LogP contribution in [0.5, 0.6) is 5.75 Å². The second-order valence-electron chi connectivity index (χ2n) is 7.98. The fraction of sp³-hybridized carbons (Fsp3) is 0.185. The van der Waals surface area contributed by atoms with Gasteiger partial charge in [0.1, 0.15) is 17.1 Å². The fourth-order valence-electron chi connectivity index (χ4n) is 3.39. The summed E-state index contributed by atoms with van der Waals surface area (Å²) in [7, 11) is 4.14. The second-order valence-corrected chi connectivity index (χ2v) is 7.98. The summed E-state index contributed by atoms with van der Waals surface area (Å²) in [5.41, 5.74) is 3.72. The van der Waals surface area contributed by atoms with Gasteiger partial charge in [-0.2, -0.15) is 5.10 Å². The monoisotopic (exact) mass is 488 g/mol. The van der Waals surface area contributed by atoms with Gasteiger partial charge in [-0.3, -0.25) is 0 Å². The van der Waals surface area contributed by atoms with Gasteiger partial charge in [0.05, 0.1) is 6.61 Å². The van der Waals surface area contributed by atoms with Crippen molar-refractivity contribution in [2.24, 2.45) is 0 Å². The largest absolute Gasteiger partial charge is 0.491 e. The van der Waals surface area contributed by atoms with Gasteiger partial charge in [-0.15, -0.1) is 0 Å². The van der Waals surface area contributed by atoms with Crippen molar-refractivity contribution in [3.05, 3.63) is 85.1 Å². The molecule has 0 saturated carbocycles. The van der Waals surface area contributed by atoms with Crippen molar-refractivity contribution >= 4 is 23.0 Å². The first kappa shape index (κ1) is 26.1. The highest BCUT2D eigenvalue weighted by Crippen LogP contribution is 2.31. The number of nitrogens with zero attached hydrogens (tertiary/aromatic N) is 4. The molecule has 2 aromatic heterocycles. The second kappa shape index (κ2) is 12.8. The molecule has 0 spiro atoms. The van der Waals surface area contributed by atoms with E-state index in [-0.39, 0.29) is 0 Å². The number of ether oxygens (including phenoxy) is 1. The highest BCUT2D eigenvalue weighted by molar-refractivity contribution is 5.92. The molecule has 0 unspecified atom stereocenters. The summed E-state index contributed by atoms with van der Waals surface area (Å²) >= 11 is 0. The summed E-state index contributed by atoms with van der Waals surface area (Å²) in [6, 6.07) is 22.2. The number of rotatable bonds is 9. The maximum absolute atomic E-state index is 9.55. The molecular formula is C27H28N4O5. The third-order valence-electron chi connectivity index (χ3n) is 4.96. The van der Waals surface area contributed by atoms with E-state index in [4.69, 9.17) is 20.0 Å². The summed E-state index contributed by atoms with van der Waals surface area (Å²) in [5, 5.41) is 21.6. The Labute approximate surface area is 208 Å². The van der Waals surface area contributed by atoms with Crippen LogP contribution in [0.2, 0.25) is 0 Å². The van der Waals surface area contributed by atoms with Crippen LogP contribution >= 0.6 is 0 Å². The van der Waals surface area contributed by atoms with E-state index in [0.29, 0.717) is 18.8 Å². The number of pyridine rings is 1. The van der Waals surface area contributed by atoms with Crippen LogP contribution in [0.4, 0.5) is 0 Å². The van der Waals surface area contributed by atoms with E-state index in [9.17, 15) is 9.59 Å². The van der Waals surface area contributed by atoms with Crippen molar-refractivity contribution in [2.75, 3.05) is 27.2 Å². The van der Waals surface area contributed by atoms with Crippen molar-refractivity contribution in [2.45, 2.75) is 6.42 Å². The van der Waals surface area contributed by atoms with Crippen LogP contribution < -0.4 is 4.74 Å². The van der Waals surface area contributed by atoms with Gasteiger partial charge in [0, 0.05) is 35.8 Å². The minimum Gasteiger partial charge on any atom is -0.491 e. The van der Waals surface area contributed by atoms with E-state index in [0.717, 1.165) is 46.7 Å². The SMILES string of the molecule is CN(C)CCCOc1ccccc1-n1nc(-c2ccccc2)c2cccnc21.O=C(O)C=CC(=O)O. The van der Waals surface area contributed by atoms with E-state index in [1.807, 2.05) is 53.2 Å². The van der Waals surface area contributed by atoms with Crippen LogP contribution in [0, 0.1) is 0 Å². The molecular weight excluding hydrogens is 460 g/mol. The zero-order valence-corrected chi connectivity index (χ0v) is 20.1. The van der Waals surface area contributed by atoms with Crippen LogP contribution in [0.15, 0.2) is 85.1 Å². The Morgan fingerprint density at radius 1 is 0.944 bits per heavy atom. The minimum absolute atomic E-state index is 0.558. The predicted octanol–water partition coefficient (Wildman–Crippen LogP) is 4.13. The summed E-state index contributed by atoms with van der Waals surface area (Å²) in [6.07, 6.45) is 3.88. The number of carboxylic acids is 2. The van der Waals surface area contributed by atoms with Crippen LogP contribution in [0.25, 0.3) is 28.0 Å². The van der Waals surface area contributed by atoms with E-state index in [1.54, 1.807) is 6.20 Å². The number of aromatic nitrogens is 3. The molecule has 9 heteroatoms. The predicted molar refractivity (Wildman–Crippen MR) is 137 cm³/mol. The number of benzene rings is 2. The van der Waals surface area contributed by atoms with E-state index in [2.05, 4.69) is 42.2 Å². The molecule has 4 rings (SSSR count). The Morgan fingerprint density at radius 2 is 1.61 bits per heavy atom. The standard InChI is InChI=1S/C23H24N4O.C4H4O4/c1-26(2)16-9-17-28-21-14-7-6-13-20(21)27-23-19(12-8-15-24-23)22(25-27)18-10-4-3-5-11-18;5-3(6)1-2-4(7)8/h3-8,10-15H,9,16-17H2,1-2H3;1-2H,(H,5,6)(H,7,8). The molecule has 0 aliphatic carbocycles. The summed E-state index contributed by atoms with van der Waals surface area (Å²) in [4.78, 5) is 25.9. The fourth-order valence-corrected chi connectivity index (χ4v) is 3.39. The van der Waals surface area contributed by atoms with Crippen molar-refractivity contribution in [1.82, 2.24) is 19.7 Å². The summed E-state index contributed by atoms with van der Waals surface area (Å²) < 4.78 is 7.98. The first-order valence-corrected chi connectivity index (χ1v) is 11.3. The topological polar surface area (TPSA) is 118 Å². The summed E-state index contributed by atoms with van der Waals surface area (Å²) in [6.45, 7) is 1.65. The zero-order valence-electron chi connectivity index (χ0n) is 20.1. The molecule has 0 amide bonds. The Kier molecular flexibility index (Phi) is 9.30. The van der Waals surface area contributed by atoms with Crippen molar-refractivity contribution in [3.63, 3.8) is 0 Å². The van der Waals surface area contributed by atoms with Crippen LogP contribution in [-0.2, 0) is 9.59 Å². The van der Waals surface area contributed by atoms with Gasteiger partial charge in [-0.1, -0.05) is 42.5 Å². The molecule has 9 nitrogen and oxygen atoms in total. The molecule has 0 fully saturated rings. The molecule has 36 heavy (non-hydrogen) atoms. The maximum atomic E-state index is 9.55. The lowest BCUT2D eigenvalue weighted by Gasteiger charge is -2.13. The third kappa shape index (κ3) is 7.25. The molecule has 0 saturated heterocycles. The zero-order chi connectivity index (χ0) is 25.9. The number of fused-ring (bicyclic) bond motifs is 1. The highest BCUT2D eigenvalue weighted by atomic mass is 16.5. The number of para-hydroxylation sites is 2. The average Bonchev–Trinajstić information content (AvgIpc) is 3.26. The third-order valence-corrected chi connectivity index (χ3v) is 4.96. The van der Waals surface area contributed by atoms with Gasteiger partial charge in [0.25, 0.3) is 0 Å². The molecule has 0 atom stereocenters. The number of hydrogen-bond acceptors (Lipinski definition) is 6. The first-order chi connectivity index (χ1) is 17.4. The molecule has 0 aliphatic heterocycles. The van der Waals surface area contributed by atoms with Crippen molar-refractivity contribution in [3.8, 4) is 22.7 Å². The lowest BCUT2D eigenvalue weighted by molar-refractivity contribution is -0.134. The highest BCUT2D eigenvalue weighted by Gasteiger charge is 2.16. The normalized spacial score (nSPS) is 10.9. The van der Waals surface area contributed by atoms with E-state index >= 15 is 0 Å². The van der Waals surface area contributed by atoms with Crippen molar-refractivity contribution in [1.29, 1.82) is 0 Å². The molecule has 0 radical (unpaired) electrons. The van der Waals surface area contributed by atoms with Crippen LogP contribution in [0.3, 0.4) is 0 Å². The molecule has 0 aliphatic rings. The van der Waals surface area contributed by atoms with Gasteiger partial charge in [-0.25, -0.2) is 19.3 Å². The average molecular weight is 489 g/mol. The molecule has 2 aromatic carbocycles. The molecule has 4 aromatic rings. The first-order valence-electron chi connectivity index (χ1n) is 11.3. The number of carboxylic acid groups (broad SMARTS) is 2. The number of carbonyl (C=O) groups is 2. The Balaban J connectivity index is 0.000000392. The molecule has 186 valence electrons. The lowest BCUT2D eigenvalue weighted by Crippen LogP contribution is -2.15.